The van der Waals surface area contributed by atoms with Crippen molar-refractivity contribution in [1.29, 1.82) is 0 Å². The fourth-order valence-electron chi connectivity index (χ4n) is 6.24. The Hall–Kier alpha value is -5.53. The van der Waals surface area contributed by atoms with Gasteiger partial charge in [-0.25, -0.2) is 0 Å². The monoisotopic (exact) mass is 533 g/mol. The summed E-state index contributed by atoms with van der Waals surface area (Å²) in [6.45, 7) is 0. The minimum absolute atomic E-state index is 1.16. The molecule has 196 valence electrons. The van der Waals surface area contributed by atoms with Crippen LogP contribution < -0.4 is 0 Å². The highest BCUT2D eigenvalue weighted by Crippen LogP contribution is 2.38. The summed E-state index contributed by atoms with van der Waals surface area (Å²) in [5, 5.41) is 7.80. The van der Waals surface area contributed by atoms with Gasteiger partial charge in [-0.05, 0) is 113 Å². The van der Waals surface area contributed by atoms with Crippen LogP contribution in [-0.4, -0.2) is 4.98 Å². The molecule has 0 saturated heterocycles. The van der Waals surface area contributed by atoms with Crippen LogP contribution in [0.1, 0.15) is 0 Å². The van der Waals surface area contributed by atoms with Crippen LogP contribution in [0.2, 0.25) is 0 Å². The van der Waals surface area contributed by atoms with E-state index in [4.69, 9.17) is 0 Å². The first-order valence-electron chi connectivity index (χ1n) is 14.4. The molecule has 0 fully saturated rings. The largest absolute Gasteiger partial charge is 0.265 e. The van der Waals surface area contributed by atoms with Crippen LogP contribution in [0.15, 0.2) is 164 Å². The third-order valence-corrected chi connectivity index (χ3v) is 8.35. The van der Waals surface area contributed by atoms with Crippen LogP contribution in [0.4, 0.5) is 0 Å². The molecule has 1 heteroatoms. The summed E-state index contributed by atoms with van der Waals surface area (Å²) in [7, 11) is 0. The molecule has 0 bridgehead atoms. The van der Waals surface area contributed by atoms with Gasteiger partial charge in [0.25, 0.3) is 0 Å². The summed E-state index contributed by atoms with van der Waals surface area (Å²) in [4.78, 5) is 4.22. The lowest BCUT2D eigenvalue weighted by atomic mass is 9.91. The Morgan fingerprint density at radius 3 is 1.17 bits per heavy atom. The SMILES string of the molecule is c1ccc(-c2cc(-c3ccncc3)cc(-c3ccc(-c4ccc5c6ccccc6c6ccccc6c5c4)cc3)c2)cc1. The summed E-state index contributed by atoms with van der Waals surface area (Å²) < 4.78 is 0. The predicted molar refractivity (Wildman–Crippen MR) is 178 cm³/mol. The van der Waals surface area contributed by atoms with Gasteiger partial charge in [0.05, 0.1) is 0 Å². The lowest BCUT2D eigenvalue weighted by molar-refractivity contribution is 1.33. The summed E-state index contributed by atoms with van der Waals surface area (Å²) >= 11 is 0. The van der Waals surface area contributed by atoms with Crippen molar-refractivity contribution in [3.8, 4) is 44.5 Å². The number of rotatable bonds is 4. The molecule has 0 saturated carbocycles. The van der Waals surface area contributed by atoms with Crippen LogP contribution in [-0.2, 0) is 0 Å². The van der Waals surface area contributed by atoms with Gasteiger partial charge < -0.3 is 0 Å². The van der Waals surface area contributed by atoms with Crippen molar-refractivity contribution in [2.45, 2.75) is 0 Å². The van der Waals surface area contributed by atoms with Gasteiger partial charge in [0.1, 0.15) is 0 Å². The zero-order valence-corrected chi connectivity index (χ0v) is 23.0. The van der Waals surface area contributed by atoms with E-state index in [0.29, 0.717) is 0 Å². The average molecular weight is 534 g/mol. The van der Waals surface area contributed by atoms with E-state index in [9.17, 15) is 0 Å². The van der Waals surface area contributed by atoms with Crippen molar-refractivity contribution >= 4 is 32.3 Å². The molecular formula is C41H27N. The number of pyridine rings is 1. The molecule has 42 heavy (non-hydrogen) atoms. The maximum absolute atomic E-state index is 4.22. The van der Waals surface area contributed by atoms with Crippen LogP contribution in [0.25, 0.3) is 76.8 Å². The second-order valence-corrected chi connectivity index (χ2v) is 10.8. The van der Waals surface area contributed by atoms with Crippen LogP contribution in [0.3, 0.4) is 0 Å². The summed E-state index contributed by atoms with van der Waals surface area (Å²) in [6.07, 6.45) is 3.71. The van der Waals surface area contributed by atoms with Gasteiger partial charge >= 0.3 is 0 Å². The van der Waals surface area contributed by atoms with Crippen molar-refractivity contribution in [2.24, 2.45) is 0 Å². The van der Waals surface area contributed by atoms with Gasteiger partial charge in [-0.3, -0.25) is 4.98 Å². The van der Waals surface area contributed by atoms with E-state index in [2.05, 4.69) is 157 Å². The van der Waals surface area contributed by atoms with Crippen LogP contribution in [0, 0.1) is 0 Å². The van der Waals surface area contributed by atoms with Gasteiger partial charge in [-0.15, -0.1) is 0 Å². The van der Waals surface area contributed by atoms with Crippen molar-refractivity contribution in [3.63, 3.8) is 0 Å². The van der Waals surface area contributed by atoms with Crippen molar-refractivity contribution in [3.05, 3.63) is 164 Å². The number of hydrogen-bond acceptors (Lipinski definition) is 1. The molecule has 0 spiro atoms. The third kappa shape index (κ3) is 4.24. The van der Waals surface area contributed by atoms with Crippen molar-refractivity contribution < 1.29 is 0 Å². The van der Waals surface area contributed by atoms with Gasteiger partial charge in [0.2, 0.25) is 0 Å². The van der Waals surface area contributed by atoms with Crippen LogP contribution >= 0.6 is 0 Å². The topological polar surface area (TPSA) is 12.9 Å². The molecule has 0 aliphatic heterocycles. The minimum Gasteiger partial charge on any atom is -0.265 e. The summed E-state index contributed by atoms with van der Waals surface area (Å²) in [6, 6.07) is 55.0. The maximum atomic E-state index is 4.22. The van der Waals surface area contributed by atoms with Crippen molar-refractivity contribution in [1.82, 2.24) is 4.98 Å². The second kappa shape index (κ2) is 10.1. The molecule has 0 aliphatic carbocycles. The minimum atomic E-state index is 1.16. The number of benzene rings is 7. The fraction of sp³-hybridized carbons (Fsp3) is 0. The average Bonchev–Trinajstić information content (AvgIpc) is 3.09. The van der Waals surface area contributed by atoms with Gasteiger partial charge in [-0.2, -0.15) is 0 Å². The molecule has 1 nitrogen and oxygen atoms in total. The molecule has 7 aromatic carbocycles. The summed E-state index contributed by atoms with van der Waals surface area (Å²) in [5.41, 5.74) is 9.61. The Labute approximate surface area is 245 Å². The normalized spacial score (nSPS) is 11.3. The molecule has 1 aromatic heterocycles. The zero-order valence-electron chi connectivity index (χ0n) is 23.0. The zero-order chi connectivity index (χ0) is 27.9. The van der Waals surface area contributed by atoms with E-state index in [0.717, 1.165) is 5.56 Å². The highest BCUT2D eigenvalue weighted by Gasteiger charge is 2.11. The summed E-state index contributed by atoms with van der Waals surface area (Å²) in [5.74, 6) is 0. The number of aromatic nitrogens is 1. The standard InChI is InChI=1S/C41H27N/c1-2-8-28(9-3-1)33-24-34(26-35(25-33)31-20-22-42-23-21-31)30-16-14-29(15-17-30)32-18-19-40-38-12-5-4-10-36(38)37-11-6-7-13-39(37)41(40)27-32/h1-27H. The molecule has 0 N–H and O–H groups in total. The Balaban J connectivity index is 1.23. The number of nitrogens with zero attached hydrogens (tertiary/aromatic N) is 1. The molecule has 8 rings (SSSR count). The molecule has 0 amide bonds. The van der Waals surface area contributed by atoms with Crippen molar-refractivity contribution in [2.75, 3.05) is 0 Å². The molecular weight excluding hydrogens is 506 g/mol. The second-order valence-electron chi connectivity index (χ2n) is 10.8. The van der Waals surface area contributed by atoms with E-state index < -0.39 is 0 Å². The lowest BCUT2D eigenvalue weighted by Crippen LogP contribution is -1.87. The van der Waals surface area contributed by atoms with Gasteiger partial charge in [-0.1, -0.05) is 115 Å². The predicted octanol–water partition coefficient (Wildman–Crippen LogP) is 11.2. The molecule has 0 radical (unpaired) electrons. The third-order valence-electron chi connectivity index (χ3n) is 8.35. The molecule has 0 aliphatic rings. The molecule has 1 heterocycles. The maximum Gasteiger partial charge on any atom is 0.0273 e. The first kappa shape index (κ1) is 24.3. The Morgan fingerprint density at radius 1 is 0.238 bits per heavy atom. The van der Waals surface area contributed by atoms with E-state index in [1.165, 1.54) is 71.3 Å². The van der Waals surface area contributed by atoms with Gasteiger partial charge in [0, 0.05) is 12.4 Å². The van der Waals surface area contributed by atoms with E-state index >= 15 is 0 Å². The van der Waals surface area contributed by atoms with Gasteiger partial charge in [0.15, 0.2) is 0 Å². The first-order chi connectivity index (χ1) is 20.8. The van der Waals surface area contributed by atoms with Crippen LogP contribution in [0.5, 0.6) is 0 Å². The van der Waals surface area contributed by atoms with E-state index in [1.807, 2.05) is 12.4 Å². The van der Waals surface area contributed by atoms with E-state index in [-0.39, 0.29) is 0 Å². The highest BCUT2D eigenvalue weighted by molar-refractivity contribution is 6.25. The first-order valence-corrected chi connectivity index (χ1v) is 14.4. The number of fused-ring (bicyclic) bond motifs is 6. The van der Waals surface area contributed by atoms with E-state index in [1.54, 1.807) is 0 Å². The molecule has 8 aromatic rings. The molecule has 0 atom stereocenters. The Morgan fingerprint density at radius 2 is 0.619 bits per heavy atom. The lowest BCUT2D eigenvalue weighted by Gasteiger charge is -2.13. The molecule has 0 unspecified atom stereocenters. The number of hydrogen-bond donors (Lipinski definition) is 0. The highest BCUT2D eigenvalue weighted by atomic mass is 14.6. The smallest absolute Gasteiger partial charge is 0.0273 e. The Bertz CT molecular complexity index is 2120. The quantitative estimate of drug-likeness (QED) is 0.205. The fourth-order valence-corrected chi connectivity index (χ4v) is 6.24. The Kier molecular flexibility index (Phi) is 5.86.